The molecule has 0 saturated heterocycles. The van der Waals surface area contributed by atoms with Gasteiger partial charge in [0.15, 0.2) is 0 Å². The van der Waals surface area contributed by atoms with E-state index < -0.39 is 0 Å². The first-order chi connectivity index (χ1) is 14.6. The second kappa shape index (κ2) is 8.49. The van der Waals surface area contributed by atoms with Gasteiger partial charge in [0, 0.05) is 21.7 Å². The van der Waals surface area contributed by atoms with Gasteiger partial charge in [-0.15, -0.1) is 11.3 Å². The number of thiophene rings is 1. The van der Waals surface area contributed by atoms with Crippen LogP contribution in [-0.2, 0) is 11.3 Å². The van der Waals surface area contributed by atoms with E-state index >= 15 is 0 Å². The average Bonchev–Trinajstić information content (AvgIpc) is 3.20. The maximum absolute atomic E-state index is 13.2. The van der Waals surface area contributed by atoms with Gasteiger partial charge in [0.2, 0.25) is 5.91 Å². The van der Waals surface area contributed by atoms with E-state index in [9.17, 15) is 9.59 Å². The van der Waals surface area contributed by atoms with Gasteiger partial charge in [-0.25, -0.2) is 4.98 Å². The van der Waals surface area contributed by atoms with Crippen LogP contribution in [0.3, 0.4) is 0 Å². The van der Waals surface area contributed by atoms with Crippen molar-refractivity contribution >= 4 is 44.7 Å². The Morgan fingerprint density at radius 3 is 2.60 bits per heavy atom. The largest absolute Gasteiger partial charge is 0.297 e. The first-order valence-electron chi connectivity index (χ1n) is 9.03. The summed E-state index contributed by atoms with van der Waals surface area (Å²) in [5.41, 5.74) is 1.90. The molecule has 0 bridgehead atoms. The summed E-state index contributed by atoms with van der Waals surface area (Å²) >= 11 is 7.34. The molecule has 0 aliphatic carbocycles. The molecule has 2 aromatic carbocycles. The monoisotopic (exact) mass is 434 g/mol. The number of rotatable bonds is 5. The highest BCUT2D eigenvalue weighted by molar-refractivity contribution is 7.17. The van der Waals surface area contributed by atoms with Crippen LogP contribution in [0.4, 0.5) is 5.69 Å². The third-order valence-corrected chi connectivity index (χ3v) is 5.76. The van der Waals surface area contributed by atoms with Crippen LogP contribution in [0, 0.1) is 11.3 Å². The fraction of sp³-hybridized carbons (Fsp3) is 0.0909. The van der Waals surface area contributed by atoms with Gasteiger partial charge in [-0.1, -0.05) is 41.9 Å². The molecule has 0 fully saturated rings. The van der Waals surface area contributed by atoms with Gasteiger partial charge in [-0.2, -0.15) is 5.26 Å². The lowest BCUT2D eigenvalue weighted by atomic mass is 10.1. The number of halogens is 1. The molecule has 0 saturated carbocycles. The van der Waals surface area contributed by atoms with Gasteiger partial charge in [-0.05, 0) is 29.8 Å². The number of aromatic nitrogens is 2. The summed E-state index contributed by atoms with van der Waals surface area (Å²) in [6.45, 7) is -0.323. The first-order valence-corrected chi connectivity index (χ1v) is 10.3. The summed E-state index contributed by atoms with van der Waals surface area (Å²) in [6.07, 6.45) is 1.38. The summed E-state index contributed by atoms with van der Waals surface area (Å²) in [5.74, 6) is -0.366. The maximum Gasteiger partial charge on any atom is 0.263 e. The molecule has 0 unspecified atom stereocenters. The van der Waals surface area contributed by atoms with Crippen molar-refractivity contribution in [1.82, 2.24) is 9.55 Å². The van der Waals surface area contributed by atoms with E-state index in [4.69, 9.17) is 16.9 Å². The molecule has 30 heavy (non-hydrogen) atoms. The lowest BCUT2D eigenvalue weighted by Gasteiger charge is -2.20. The zero-order valence-corrected chi connectivity index (χ0v) is 17.2. The van der Waals surface area contributed by atoms with Crippen molar-refractivity contribution < 1.29 is 4.79 Å². The number of anilines is 1. The smallest absolute Gasteiger partial charge is 0.263 e. The zero-order valence-electron chi connectivity index (χ0n) is 15.7. The second-order valence-corrected chi connectivity index (χ2v) is 7.78. The summed E-state index contributed by atoms with van der Waals surface area (Å²) in [4.78, 5) is 32.4. The van der Waals surface area contributed by atoms with Crippen molar-refractivity contribution in [3.8, 4) is 17.2 Å². The molecular formula is C22H15ClN4O2S. The summed E-state index contributed by atoms with van der Waals surface area (Å²) in [5, 5.41) is 12.1. The Labute approximate surface area is 181 Å². The number of carbonyl (C=O) groups excluding carboxylic acids is 1. The number of nitrogens with zero attached hydrogens (tertiary/aromatic N) is 4. The van der Waals surface area contributed by atoms with Gasteiger partial charge < -0.3 is 0 Å². The molecule has 0 radical (unpaired) electrons. The minimum atomic E-state index is -0.366. The third kappa shape index (κ3) is 3.83. The normalized spacial score (nSPS) is 10.7. The summed E-state index contributed by atoms with van der Waals surface area (Å²) in [6, 6.07) is 18.1. The number of benzene rings is 2. The van der Waals surface area contributed by atoms with Crippen LogP contribution in [-0.4, -0.2) is 22.0 Å². The molecule has 0 aliphatic heterocycles. The predicted octanol–water partition coefficient (Wildman–Crippen LogP) is 4.34. The Morgan fingerprint density at radius 1 is 1.17 bits per heavy atom. The van der Waals surface area contributed by atoms with Gasteiger partial charge in [0.25, 0.3) is 5.56 Å². The Morgan fingerprint density at radius 2 is 1.90 bits per heavy atom. The number of hydrogen-bond donors (Lipinski definition) is 0. The highest BCUT2D eigenvalue weighted by Gasteiger charge is 2.19. The van der Waals surface area contributed by atoms with Crippen LogP contribution >= 0.6 is 22.9 Å². The Kier molecular flexibility index (Phi) is 5.61. The lowest BCUT2D eigenvalue weighted by Crippen LogP contribution is -2.37. The van der Waals surface area contributed by atoms with Gasteiger partial charge in [-0.3, -0.25) is 19.1 Å². The van der Waals surface area contributed by atoms with Crippen LogP contribution in [0.15, 0.2) is 71.1 Å². The lowest BCUT2D eigenvalue weighted by molar-refractivity contribution is -0.119. The first kappa shape index (κ1) is 19.8. The predicted molar refractivity (Wildman–Crippen MR) is 119 cm³/mol. The maximum atomic E-state index is 13.2. The summed E-state index contributed by atoms with van der Waals surface area (Å²) in [7, 11) is 0. The van der Waals surface area contributed by atoms with Gasteiger partial charge in [0.05, 0.1) is 17.8 Å². The third-order valence-electron chi connectivity index (χ3n) is 4.62. The SMILES string of the molecule is N#CCN(C(=O)Cn1cnc2scc(-c3ccc(Cl)cc3)c2c1=O)c1ccccc1. The van der Waals surface area contributed by atoms with Gasteiger partial charge in [0.1, 0.15) is 17.9 Å². The van der Waals surface area contributed by atoms with E-state index in [0.717, 1.165) is 11.1 Å². The van der Waals surface area contributed by atoms with E-state index in [1.54, 1.807) is 36.4 Å². The highest BCUT2D eigenvalue weighted by atomic mass is 35.5. The van der Waals surface area contributed by atoms with E-state index in [0.29, 0.717) is 20.9 Å². The molecule has 0 N–H and O–H groups in total. The topological polar surface area (TPSA) is 79.0 Å². The fourth-order valence-corrected chi connectivity index (χ4v) is 4.19. The quantitative estimate of drug-likeness (QED) is 0.438. The molecule has 0 atom stereocenters. The van der Waals surface area contributed by atoms with Gasteiger partial charge >= 0.3 is 0 Å². The van der Waals surface area contributed by atoms with Crippen molar-refractivity contribution in [1.29, 1.82) is 5.26 Å². The molecule has 2 aromatic heterocycles. The van der Waals surface area contributed by atoms with Crippen LogP contribution in [0.1, 0.15) is 0 Å². The molecule has 0 aliphatic rings. The van der Waals surface area contributed by atoms with E-state index in [2.05, 4.69) is 4.98 Å². The van der Waals surface area contributed by atoms with Crippen LogP contribution < -0.4 is 10.5 Å². The minimum Gasteiger partial charge on any atom is -0.297 e. The minimum absolute atomic E-state index is 0.109. The Balaban J connectivity index is 1.71. The Hall–Kier alpha value is -3.47. The molecule has 1 amide bonds. The van der Waals surface area contributed by atoms with Crippen molar-refractivity contribution in [2.45, 2.75) is 6.54 Å². The van der Waals surface area contributed by atoms with Crippen LogP contribution in [0.2, 0.25) is 5.02 Å². The Bertz CT molecular complexity index is 1310. The van der Waals surface area contributed by atoms with Crippen molar-refractivity contribution in [2.24, 2.45) is 0 Å². The van der Waals surface area contributed by atoms with E-state index in [-0.39, 0.29) is 24.6 Å². The number of amides is 1. The number of carbonyl (C=O) groups is 1. The molecule has 0 spiro atoms. The number of hydrogen-bond acceptors (Lipinski definition) is 5. The number of nitriles is 1. The summed E-state index contributed by atoms with van der Waals surface area (Å²) < 4.78 is 1.28. The molecule has 8 heteroatoms. The molecule has 148 valence electrons. The van der Waals surface area contributed by atoms with E-state index in [1.807, 2.05) is 29.6 Å². The zero-order chi connectivity index (χ0) is 21.1. The molecule has 4 rings (SSSR count). The second-order valence-electron chi connectivity index (χ2n) is 6.49. The van der Waals surface area contributed by atoms with Crippen molar-refractivity contribution in [3.63, 3.8) is 0 Å². The molecule has 6 nitrogen and oxygen atoms in total. The standard InChI is InChI=1S/C22H15ClN4O2S/c23-16-8-6-15(7-9-16)18-13-30-21-20(18)22(29)26(14-25-21)12-19(28)27(11-10-24)17-4-2-1-3-5-17/h1-9,13-14H,11-12H2. The van der Waals surface area contributed by atoms with Crippen LogP contribution in [0.5, 0.6) is 0 Å². The van der Waals surface area contributed by atoms with Crippen molar-refractivity contribution in [2.75, 3.05) is 11.4 Å². The molecule has 4 aromatic rings. The fourth-order valence-electron chi connectivity index (χ4n) is 3.16. The average molecular weight is 435 g/mol. The van der Waals surface area contributed by atoms with E-state index in [1.165, 1.54) is 27.1 Å². The highest BCUT2D eigenvalue weighted by Crippen LogP contribution is 2.31. The van der Waals surface area contributed by atoms with Crippen molar-refractivity contribution in [3.05, 3.63) is 81.7 Å². The molecule has 2 heterocycles. The van der Waals surface area contributed by atoms with Crippen LogP contribution in [0.25, 0.3) is 21.3 Å². The number of fused-ring (bicyclic) bond motifs is 1. The number of para-hydroxylation sites is 1. The molecular weight excluding hydrogens is 420 g/mol.